The molecule has 2 rings (SSSR count). The summed E-state index contributed by atoms with van der Waals surface area (Å²) in [4.78, 5) is 13.2. The molecule has 0 radical (unpaired) electrons. The molecular formula is C13H15N7O. The second kappa shape index (κ2) is 6.49. The average Bonchev–Trinajstić information content (AvgIpc) is 3.00. The Kier molecular flexibility index (Phi) is 4.48. The summed E-state index contributed by atoms with van der Waals surface area (Å²) in [5, 5.41) is 16.7. The van der Waals surface area contributed by atoms with Crippen LogP contribution in [0.2, 0.25) is 0 Å². The first-order chi connectivity index (χ1) is 10.2. The lowest BCUT2D eigenvalue weighted by molar-refractivity contribution is 0.0948. The van der Waals surface area contributed by atoms with Gasteiger partial charge >= 0.3 is 0 Å². The van der Waals surface area contributed by atoms with E-state index in [-0.39, 0.29) is 5.69 Å². The first kappa shape index (κ1) is 14.5. The number of hydrogen-bond acceptors (Lipinski definition) is 6. The number of rotatable bonds is 5. The van der Waals surface area contributed by atoms with Gasteiger partial charge in [-0.3, -0.25) is 10.2 Å². The number of hydrazine groups is 1. The number of anilines is 1. The number of nitrogen functional groups attached to an aromatic ring is 1. The molecule has 0 unspecified atom stereocenters. The first-order valence-corrected chi connectivity index (χ1v) is 6.27. The molecule has 0 spiro atoms. The Morgan fingerprint density at radius 1 is 1.52 bits per heavy atom. The fraction of sp³-hybridized carbons (Fsp3) is 0.231. The minimum Gasteiger partial charge on any atom is -0.372 e. The lowest BCUT2D eigenvalue weighted by atomic mass is 10.2. The number of carbonyl (C=O) groups is 1. The van der Waals surface area contributed by atoms with Gasteiger partial charge in [0, 0.05) is 13.6 Å². The Bertz CT molecular complexity index is 673. The van der Waals surface area contributed by atoms with Crippen molar-refractivity contribution in [1.82, 2.24) is 20.4 Å². The molecule has 0 saturated carbocycles. The monoisotopic (exact) mass is 285 g/mol. The van der Waals surface area contributed by atoms with Crippen LogP contribution in [0.3, 0.4) is 0 Å². The third kappa shape index (κ3) is 3.34. The normalized spacial score (nSPS) is 9.95. The molecule has 1 aromatic carbocycles. The third-order valence-electron chi connectivity index (χ3n) is 3.00. The first-order valence-electron chi connectivity index (χ1n) is 6.27. The fourth-order valence-corrected chi connectivity index (χ4v) is 1.86. The van der Waals surface area contributed by atoms with Crippen molar-refractivity contribution >= 4 is 11.6 Å². The quantitative estimate of drug-likeness (QED) is 0.450. The van der Waals surface area contributed by atoms with Crippen molar-refractivity contribution < 1.29 is 4.79 Å². The number of carbonyl (C=O) groups excluding carboxylic acids is 1. The van der Waals surface area contributed by atoms with Gasteiger partial charge in [-0.2, -0.15) is 5.26 Å². The maximum Gasteiger partial charge on any atom is 0.287 e. The van der Waals surface area contributed by atoms with E-state index in [1.807, 2.05) is 35.6 Å². The van der Waals surface area contributed by atoms with E-state index in [1.165, 1.54) is 6.20 Å². The van der Waals surface area contributed by atoms with E-state index < -0.39 is 5.91 Å². The molecule has 0 atom stereocenters. The number of hydrogen-bond donors (Lipinski definition) is 2. The Labute approximate surface area is 121 Å². The summed E-state index contributed by atoms with van der Waals surface area (Å²) in [6.07, 6.45) is 1.52. The highest BCUT2D eigenvalue weighted by Gasteiger charge is 2.10. The van der Waals surface area contributed by atoms with E-state index in [1.54, 1.807) is 10.7 Å². The number of likely N-dealkylation sites (N-methyl/N-ethyl adjacent to an activating group) is 1. The molecule has 8 heteroatoms. The van der Waals surface area contributed by atoms with Gasteiger partial charge in [-0.05, 0) is 12.1 Å². The second-order valence-corrected chi connectivity index (χ2v) is 4.39. The number of nitrogens with two attached hydrogens (primary N) is 1. The molecule has 0 aliphatic rings. The summed E-state index contributed by atoms with van der Waals surface area (Å²) >= 11 is 0. The molecule has 1 heterocycles. The zero-order chi connectivity index (χ0) is 15.2. The van der Waals surface area contributed by atoms with Crippen molar-refractivity contribution in [2.45, 2.75) is 6.54 Å². The summed E-state index contributed by atoms with van der Waals surface area (Å²) in [6, 6.07) is 9.51. The van der Waals surface area contributed by atoms with Gasteiger partial charge in [0.05, 0.1) is 24.0 Å². The zero-order valence-electron chi connectivity index (χ0n) is 11.5. The second-order valence-electron chi connectivity index (χ2n) is 4.39. The summed E-state index contributed by atoms with van der Waals surface area (Å²) < 4.78 is 1.55. The van der Waals surface area contributed by atoms with E-state index >= 15 is 0 Å². The molecule has 0 saturated heterocycles. The molecule has 1 aromatic heterocycles. The van der Waals surface area contributed by atoms with Crippen LogP contribution in [0.15, 0.2) is 30.5 Å². The third-order valence-corrected chi connectivity index (χ3v) is 3.00. The van der Waals surface area contributed by atoms with Crippen molar-refractivity contribution in [1.29, 1.82) is 5.26 Å². The maximum atomic E-state index is 11.3. The lowest BCUT2D eigenvalue weighted by Gasteiger charge is -2.20. The van der Waals surface area contributed by atoms with Crippen molar-refractivity contribution in [2.24, 2.45) is 5.84 Å². The molecule has 2 aromatic rings. The standard InChI is InChI=1S/C13H15N7O/c1-19(12-5-3-2-4-10(12)8-14)6-7-20-9-11(17-18-20)13(21)16-15/h2-5,9H,6-7,15H2,1H3,(H,16,21). The molecule has 3 N–H and O–H groups in total. The molecule has 108 valence electrons. The van der Waals surface area contributed by atoms with Crippen LogP contribution in [-0.2, 0) is 6.54 Å². The van der Waals surface area contributed by atoms with Gasteiger partial charge in [0.15, 0.2) is 5.69 Å². The lowest BCUT2D eigenvalue weighted by Crippen LogP contribution is -2.30. The highest BCUT2D eigenvalue weighted by Crippen LogP contribution is 2.17. The molecule has 0 fully saturated rings. The summed E-state index contributed by atoms with van der Waals surface area (Å²) in [5.41, 5.74) is 3.62. The van der Waals surface area contributed by atoms with Crippen LogP contribution < -0.4 is 16.2 Å². The molecule has 0 bridgehead atoms. The van der Waals surface area contributed by atoms with E-state index in [9.17, 15) is 4.79 Å². The largest absolute Gasteiger partial charge is 0.372 e. The summed E-state index contributed by atoms with van der Waals surface area (Å²) in [6.45, 7) is 1.15. The van der Waals surface area contributed by atoms with Crippen LogP contribution in [0.25, 0.3) is 0 Å². The molecule has 0 aliphatic heterocycles. The van der Waals surface area contributed by atoms with E-state index in [4.69, 9.17) is 11.1 Å². The van der Waals surface area contributed by atoms with E-state index in [2.05, 4.69) is 16.4 Å². The van der Waals surface area contributed by atoms with E-state index in [0.29, 0.717) is 18.7 Å². The Balaban J connectivity index is 2.01. The predicted molar refractivity (Wildman–Crippen MR) is 76.1 cm³/mol. The molecule has 1 amide bonds. The minimum atomic E-state index is -0.482. The van der Waals surface area contributed by atoms with Crippen LogP contribution in [-0.4, -0.2) is 34.5 Å². The van der Waals surface area contributed by atoms with Gasteiger partial charge in [-0.25, -0.2) is 10.5 Å². The van der Waals surface area contributed by atoms with Crippen LogP contribution in [0.1, 0.15) is 16.1 Å². The number of nitrogens with zero attached hydrogens (tertiary/aromatic N) is 5. The highest BCUT2D eigenvalue weighted by molar-refractivity contribution is 5.91. The molecule has 21 heavy (non-hydrogen) atoms. The van der Waals surface area contributed by atoms with Crippen molar-refractivity contribution in [3.63, 3.8) is 0 Å². The number of benzene rings is 1. The van der Waals surface area contributed by atoms with Gasteiger partial charge in [0.2, 0.25) is 0 Å². The smallest absolute Gasteiger partial charge is 0.287 e. The molecule has 0 aliphatic carbocycles. The summed E-state index contributed by atoms with van der Waals surface area (Å²) in [7, 11) is 1.89. The highest BCUT2D eigenvalue weighted by atomic mass is 16.2. The van der Waals surface area contributed by atoms with E-state index in [0.717, 1.165) is 5.69 Å². The van der Waals surface area contributed by atoms with Crippen LogP contribution >= 0.6 is 0 Å². The number of aromatic nitrogens is 3. The Hall–Kier alpha value is -2.92. The van der Waals surface area contributed by atoms with Crippen molar-refractivity contribution in [3.8, 4) is 6.07 Å². The van der Waals surface area contributed by atoms with Crippen molar-refractivity contribution in [2.75, 3.05) is 18.5 Å². The SMILES string of the molecule is CN(CCn1cc(C(=O)NN)nn1)c1ccccc1C#N. The maximum absolute atomic E-state index is 11.3. The Morgan fingerprint density at radius 2 is 2.29 bits per heavy atom. The number of amides is 1. The van der Waals surface area contributed by atoms with Gasteiger partial charge in [0.1, 0.15) is 6.07 Å². The van der Waals surface area contributed by atoms with Gasteiger partial charge < -0.3 is 4.90 Å². The topological polar surface area (TPSA) is 113 Å². The zero-order valence-corrected chi connectivity index (χ0v) is 11.5. The molecule has 8 nitrogen and oxygen atoms in total. The summed E-state index contributed by atoms with van der Waals surface area (Å²) in [5.74, 6) is 4.55. The molecular weight excluding hydrogens is 270 g/mol. The fourth-order valence-electron chi connectivity index (χ4n) is 1.86. The van der Waals surface area contributed by atoms with Gasteiger partial charge in [-0.15, -0.1) is 5.10 Å². The average molecular weight is 285 g/mol. The van der Waals surface area contributed by atoms with Crippen LogP contribution in [0.4, 0.5) is 5.69 Å². The van der Waals surface area contributed by atoms with Gasteiger partial charge in [-0.1, -0.05) is 17.3 Å². The predicted octanol–water partition coefficient (Wildman–Crippen LogP) is -0.110. The number of nitriles is 1. The number of para-hydroxylation sites is 1. The van der Waals surface area contributed by atoms with Crippen LogP contribution in [0, 0.1) is 11.3 Å². The Morgan fingerprint density at radius 3 is 3.00 bits per heavy atom. The minimum absolute atomic E-state index is 0.164. The van der Waals surface area contributed by atoms with Gasteiger partial charge in [0.25, 0.3) is 5.91 Å². The van der Waals surface area contributed by atoms with Crippen molar-refractivity contribution in [3.05, 3.63) is 41.7 Å². The number of nitrogens with one attached hydrogen (secondary N) is 1. The van der Waals surface area contributed by atoms with Crippen LogP contribution in [0.5, 0.6) is 0 Å².